The molecule has 33 heavy (non-hydrogen) atoms. The highest BCUT2D eigenvalue weighted by Crippen LogP contribution is 2.33. The van der Waals surface area contributed by atoms with Gasteiger partial charge in [0.05, 0.1) is 22.5 Å². The first kappa shape index (κ1) is 22.3. The number of aromatic nitrogens is 3. The number of alkyl halides is 3. The lowest BCUT2D eigenvalue weighted by atomic mass is 10.2. The van der Waals surface area contributed by atoms with Crippen LogP contribution < -0.4 is 5.43 Å². The van der Waals surface area contributed by atoms with Crippen LogP contribution in [0.15, 0.2) is 81.8 Å². The fourth-order valence-corrected chi connectivity index (χ4v) is 3.93. The van der Waals surface area contributed by atoms with Gasteiger partial charge in [-0.1, -0.05) is 30.0 Å². The van der Waals surface area contributed by atoms with Crippen molar-refractivity contribution in [3.05, 3.63) is 83.8 Å². The monoisotopic (exact) mass is 467 g/mol. The summed E-state index contributed by atoms with van der Waals surface area (Å²) in [5, 5.41) is 11.2. The van der Waals surface area contributed by atoms with Crippen LogP contribution in [0.3, 0.4) is 0 Å². The summed E-state index contributed by atoms with van der Waals surface area (Å²) in [6.07, 6.45) is 0.579. The van der Waals surface area contributed by atoms with E-state index < -0.39 is 12.1 Å². The first-order valence-electron chi connectivity index (χ1n) is 9.64. The van der Waals surface area contributed by atoms with E-state index in [1.807, 2.05) is 54.0 Å². The molecule has 4 rings (SSSR count). The maximum Gasteiger partial charge on any atom is 0.428 e. The van der Waals surface area contributed by atoms with Gasteiger partial charge in [-0.2, -0.15) is 23.4 Å². The second kappa shape index (κ2) is 9.70. The Morgan fingerprint density at radius 1 is 1.06 bits per heavy atom. The average molecular weight is 467 g/mol. The van der Waals surface area contributed by atoms with Gasteiger partial charge in [-0.25, -0.2) is 5.43 Å². The molecule has 10 heteroatoms. The van der Waals surface area contributed by atoms with Crippen molar-refractivity contribution in [1.29, 1.82) is 0 Å². The highest BCUT2D eigenvalue weighted by Gasteiger charge is 2.24. The third-order valence-electron chi connectivity index (χ3n) is 4.40. The zero-order valence-corrected chi connectivity index (χ0v) is 17.7. The Balaban J connectivity index is 1.52. The Kier molecular flexibility index (Phi) is 6.55. The number of carbonyl (C=O) groups is 1. The topological polar surface area (TPSA) is 83.0 Å². The van der Waals surface area contributed by atoms with Gasteiger partial charge in [-0.05, 0) is 54.6 Å². The fourth-order valence-electron chi connectivity index (χ4n) is 2.94. The maximum absolute atomic E-state index is 12.3. The van der Waals surface area contributed by atoms with Gasteiger partial charge in [-0.15, -0.1) is 0 Å². The lowest BCUT2D eigenvalue weighted by molar-refractivity contribution is -0.0538. The van der Waals surface area contributed by atoms with E-state index in [9.17, 15) is 18.0 Å². The Bertz CT molecular complexity index is 1330. The molecule has 0 spiro atoms. The first-order valence-corrected chi connectivity index (χ1v) is 10.5. The van der Waals surface area contributed by atoms with Gasteiger partial charge in [-0.3, -0.25) is 14.9 Å². The fraction of sp³-hybridized carbons (Fsp3) is 0.0435. The molecule has 0 radical (unpaired) electrons. The van der Waals surface area contributed by atoms with Gasteiger partial charge in [0, 0.05) is 21.4 Å². The Morgan fingerprint density at radius 2 is 1.88 bits per heavy atom. The van der Waals surface area contributed by atoms with Crippen LogP contribution in [0.4, 0.5) is 13.2 Å². The number of aromatic amines is 1. The van der Waals surface area contributed by atoms with Gasteiger partial charge in [0.2, 0.25) is 0 Å². The Hall–Kier alpha value is -3.92. The van der Waals surface area contributed by atoms with Gasteiger partial charge < -0.3 is 0 Å². The van der Waals surface area contributed by atoms with E-state index in [-0.39, 0.29) is 11.8 Å². The van der Waals surface area contributed by atoms with Crippen LogP contribution in [0, 0.1) is 0 Å². The third-order valence-corrected chi connectivity index (χ3v) is 5.47. The zero-order valence-electron chi connectivity index (χ0n) is 16.9. The minimum absolute atomic E-state index is 0.213. The molecule has 0 fully saturated rings. The van der Waals surface area contributed by atoms with Crippen LogP contribution in [0.2, 0.25) is 0 Å². The van der Waals surface area contributed by atoms with Crippen LogP contribution >= 0.6 is 11.8 Å². The van der Waals surface area contributed by atoms with Crippen molar-refractivity contribution in [2.45, 2.75) is 16.0 Å². The van der Waals surface area contributed by atoms with E-state index in [0.717, 1.165) is 27.2 Å². The second-order valence-corrected chi connectivity index (χ2v) is 7.86. The van der Waals surface area contributed by atoms with E-state index in [2.05, 4.69) is 20.3 Å². The highest BCUT2D eigenvalue weighted by atomic mass is 32.2. The molecule has 0 saturated heterocycles. The molecule has 0 atom stereocenters. The summed E-state index contributed by atoms with van der Waals surface area (Å²) >= 11 is 1.31. The predicted octanol–water partition coefficient (Wildman–Crippen LogP) is 5.56. The molecule has 4 aromatic rings. The molecule has 0 bridgehead atoms. The zero-order chi connectivity index (χ0) is 23.3. The molecular weight excluding hydrogens is 451 g/mol. The molecular formula is C23H16F3N5OS. The van der Waals surface area contributed by atoms with Crippen LogP contribution in [0.1, 0.15) is 21.7 Å². The number of carbonyl (C=O) groups excluding carboxylic acids is 1. The molecule has 0 saturated carbocycles. The molecule has 2 aromatic carbocycles. The molecule has 0 aliphatic heterocycles. The summed E-state index contributed by atoms with van der Waals surface area (Å²) in [6, 6.07) is 17.9. The second-order valence-electron chi connectivity index (χ2n) is 6.74. The van der Waals surface area contributed by atoms with Gasteiger partial charge in [0.1, 0.15) is 6.21 Å². The van der Waals surface area contributed by atoms with E-state index in [1.165, 1.54) is 17.8 Å². The van der Waals surface area contributed by atoms with Crippen molar-refractivity contribution in [3.8, 4) is 0 Å². The molecule has 0 aliphatic carbocycles. The normalized spacial score (nSPS) is 12.1. The number of nitrogens with zero attached hydrogens (tertiary/aromatic N) is 3. The van der Waals surface area contributed by atoms with Crippen molar-refractivity contribution in [2.75, 3.05) is 0 Å². The molecule has 166 valence electrons. The van der Waals surface area contributed by atoms with Crippen molar-refractivity contribution < 1.29 is 18.0 Å². The van der Waals surface area contributed by atoms with E-state index in [1.54, 1.807) is 24.4 Å². The van der Waals surface area contributed by atoms with Crippen molar-refractivity contribution in [3.63, 3.8) is 0 Å². The number of halogens is 3. The number of H-pyrrole nitrogens is 1. The van der Waals surface area contributed by atoms with Crippen LogP contribution in [0.5, 0.6) is 0 Å². The third kappa shape index (κ3) is 5.86. The van der Waals surface area contributed by atoms with Crippen molar-refractivity contribution >= 4 is 46.9 Å². The summed E-state index contributed by atoms with van der Waals surface area (Å²) in [5.74, 6) is -0.733. The average Bonchev–Trinajstić information content (AvgIpc) is 3.20. The number of fused-ring (bicyclic) bond motifs is 1. The lowest BCUT2D eigenvalue weighted by Crippen LogP contribution is -2.21. The van der Waals surface area contributed by atoms with Gasteiger partial charge >= 0.3 is 6.18 Å². The summed E-state index contributed by atoms with van der Waals surface area (Å²) in [4.78, 5) is 18.0. The standard InChI is InChI=1S/C23H16F3N5OS/c24-23(25,26)14-28-31-22(32)18-6-1-2-7-21(18)33-16-9-10-17-19(29-30-20(17)13-16)11-8-15-5-3-4-12-27-15/h1-14H,(H,29,30)(H,31,32). The number of rotatable bonds is 6. The smallest absolute Gasteiger partial charge is 0.277 e. The number of pyridine rings is 1. The summed E-state index contributed by atoms with van der Waals surface area (Å²) in [6.45, 7) is 0. The molecule has 1 amide bonds. The first-order chi connectivity index (χ1) is 15.9. The summed E-state index contributed by atoms with van der Waals surface area (Å²) < 4.78 is 36.7. The van der Waals surface area contributed by atoms with Crippen molar-refractivity contribution in [1.82, 2.24) is 20.6 Å². The molecule has 0 aliphatic rings. The number of benzene rings is 2. The minimum atomic E-state index is -4.60. The molecule has 2 N–H and O–H groups in total. The largest absolute Gasteiger partial charge is 0.428 e. The SMILES string of the molecule is O=C(NN=CC(F)(F)F)c1ccccc1Sc1ccc2c(C=Cc3ccccn3)n[nH]c2c1. The highest BCUT2D eigenvalue weighted by molar-refractivity contribution is 7.99. The predicted molar refractivity (Wildman–Crippen MR) is 122 cm³/mol. The number of hydrogen-bond acceptors (Lipinski definition) is 5. The van der Waals surface area contributed by atoms with Gasteiger partial charge in [0.15, 0.2) is 0 Å². The Labute approximate surface area is 190 Å². The minimum Gasteiger partial charge on any atom is -0.277 e. The number of hydrazone groups is 1. The summed E-state index contributed by atoms with van der Waals surface area (Å²) in [7, 11) is 0. The number of amides is 1. The van der Waals surface area contributed by atoms with Gasteiger partial charge in [0.25, 0.3) is 5.91 Å². The Morgan fingerprint density at radius 3 is 2.67 bits per heavy atom. The lowest BCUT2D eigenvalue weighted by Gasteiger charge is -2.08. The van der Waals surface area contributed by atoms with Crippen LogP contribution in [-0.2, 0) is 0 Å². The van der Waals surface area contributed by atoms with Crippen LogP contribution in [0.25, 0.3) is 23.1 Å². The number of hydrogen-bond donors (Lipinski definition) is 2. The van der Waals surface area contributed by atoms with E-state index in [4.69, 9.17) is 0 Å². The molecule has 6 nitrogen and oxygen atoms in total. The van der Waals surface area contributed by atoms with Crippen molar-refractivity contribution in [2.24, 2.45) is 5.10 Å². The molecule has 2 aromatic heterocycles. The van der Waals surface area contributed by atoms with E-state index in [0.29, 0.717) is 4.90 Å². The van der Waals surface area contributed by atoms with E-state index >= 15 is 0 Å². The quantitative estimate of drug-likeness (QED) is 0.287. The number of nitrogens with one attached hydrogen (secondary N) is 2. The summed E-state index contributed by atoms with van der Waals surface area (Å²) in [5.41, 5.74) is 4.50. The molecule has 2 heterocycles. The molecule has 0 unspecified atom stereocenters. The van der Waals surface area contributed by atoms with Crippen LogP contribution in [-0.4, -0.2) is 33.5 Å². The maximum atomic E-state index is 12.3.